The van der Waals surface area contributed by atoms with Gasteiger partial charge in [-0.15, -0.1) is 0 Å². The second kappa shape index (κ2) is 5.75. The van der Waals surface area contributed by atoms with Crippen LogP contribution in [-0.4, -0.2) is 26.2 Å². The normalized spacial score (nSPS) is 10.0. The van der Waals surface area contributed by atoms with E-state index in [0.29, 0.717) is 11.6 Å². The van der Waals surface area contributed by atoms with E-state index in [4.69, 9.17) is 16.3 Å². The molecule has 0 atom stereocenters. The van der Waals surface area contributed by atoms with Crippen LogP contribution < -0.4 is 4.90 Å². The van der Waals surface area contributed by atoms with Gasteiger partial charge < -0.3 is 9.64 Å². The Morgan fingerprint density at radius 2 is 2.19 bits per heavy atom. The van der Waals surface area contributed by atoms with Crippen molar-refractivity contribution in [3.8, 4) is 0 Å². The van der Waals surface area contributed by atoms with Gasteiger partial charge in [-0.05, 0) is 31.5 Å². The van der Waals surface area contributed by atoms with Gasteiger partial charge in [0.25, 0.3) is 0 Å². The first-order valence-corrected chi connectivity index (χ1v) is 5.55. The average Bonchev–Trinajstić information content (AvgIpc) is 2.22. The molecule has 0 heterocycles. The molecule has 0 saturated carbocycles. The molecule has 0 aliphatic heterocycles. The van der Waals surface area contributed by atoms with E-state index in [1.54, 1.807) is 6.92 Å². The van der Waals surface area contributed by atoms with Gasteiger partial charge in [-0.2, -0.15) is 0 Å². The summed E-state index contributed by atoms with van der Waals surface area (Å²) in [4.78, 5) is 13.1. The quantitative estimate of drug-likeness (QED) is 0.759. The molecule has 0 saturated heterocycles. The Kier molecular flexibility index (Phi) is 4.62. The van der Waals surface area contributed by atoms with E-state index < -0.39 is 0 Å². The number of likely N-dealkylation sites (N-methyl/N-ethyl adjacent to an activating group) is 1. The molecule has 0 fully saturated rings. The Morgan fingerprint density at radius 3 is 2.75 bits per heavy atom. The van der Waals surface area contributed by atoms with Crippen LogP contribution in [0.25, 0.3) is 0 Å². The molecular weight excluding hydrogens is 226 g/mol. The largest absolute Gasteiger partial charge is 0.465 e. The summed E-state index contributed by atoms with van der Waals surface area (Å²) in [7, 11) is 1.83. The maximum absolute atomic E-state index is 11.3. The molecule has 1 rings (SSSR count). The molecule has 0 aliphatic rings. The van der Waals surface area contributed by atoms with E-state index in [-0.39, 0.29) is 12.5 Å². The average molecular weight is 242 g/mol. The SMILES string of the molecule is CCOC(=O)CN(C)c1ccc(C)c(Cl)c1. The molecular formula is C12H16ClNO2. The maximum Gasteiger partial charge on any atom is 0.325 e. The number of halogens is 1. The zero-order valence-electron chi connectivity index (χ0n) is 9.79. The summed E-state index contributed by atoms with van der Waals surface area (Å²) in [6, 6.07) is 5.70. The minimum absolute atomic E-state index is 0.229. The summed E-state index contributed by atoms with van der Waals surface area (Å²) >= 11 is 6.01. The fourth-order valence-corrected chi connectivity index (χ4v) is 1.49. The van der Waals surface area contributed by atoms with Gasteiger partial charge >= 0.3 is 5.97 Å². The number of rotatable bonds is 4. The molecule has 0 unspecified atom stereocenters. The summed E-state index contributed by atoms with van der Waals surface area (Å²) in [5.41, 5.74) is 1.93. The lowest BCUT2D eigenvalue weighted by atomic mass is 10.2. The number of carbonyl (C=O) groups excluding carboxylic acids is 1. The first kappa shape index (κ1) is 12.8. The number of nitrogens with zero attached hydrogens (tertiary/aromatic N) is 1. The number of anilines is 1. The van der Waals surface area contributed by atoms with Crippen molar-refractivity contribution in [2.24, 2.45) is 0 Å². The van der Waals surface area contributed by atoms with E-state index in [1.165, 1.54) is 0 Å². The lowest BCUT2D eigenvalue weighted by molar-refractivity contribution is -0.141. The summed E-state index contributed by atoms with van der Waals surface area (Å²) < 4.78 is 4.87. The van der Waals surface area contributed by atoms with E-state index >= 15 is 0 Å². The summed E-state index contributed by atoms with van der Waals surface area (Å²) in [6.45, 7) is 4.37. The third-order valence-electron chi connectivity index (χ3n) is 2.27. The highest BCUT2D eigenvalue weighted by molar-refractivity contribution is 6.31. The van der Waals surface area contributed by atoms with Gasteiger partial charge in [0.1, 0.15) is 6.54 Å². The smallest absolute Gasteiger partial charge is 0.325 e. The van der Waals surface area contributed by atoms with Crippen molar-refractivity contribution in [3.05, 3.63) is 28.8 Å². The third kappa shape index (κ3) is 3.42. The lowest BCUT2D eigenvalue weighted by Crippen LogP contribution is -2.27. The van der Waals surface area contributed by atoms with E-state index in [1.807, 2.05) is 37.1 Å². The predicted molar refractivity (Wildman–Crippen MR) is 66.1 cm³/mol. The number of hydrogen-bond acceptors (Lipinski definition) is 3. The summed E-state index contributed by atoms with van der Waals surface area (Å²) in [5.74, 6) is -0.235. The fourth-order valence-electron chi connectivity index (χ4n) is 1.31. The number of carbonyl (C=O) groups is 1. The van der Waals surface area contributed by atoms with Crippen molar-refractivity contribution in [3.63, 3.8) is 0 Å². The molecule has 0 spiro atoms. The first-order chi connectivity index (χ1) is 7.54. The van der Waals surface area contributed by atoms with E-state index in [9.17, 15) is 4.79 Å². The molecule has 0 aromatic heterocycles. The maximum atomic E-state index is 11.3. The van der Waals surface area contributed by atoms with Crippen LogP contribution in [0.4, 0.5) is 5.69 Å². The second-order valence-electron chi connectivity index (χ2n) is 3.59. The van der Waals surface area contributed by atoms with Crippen LogP contribution in [0, 0.1) is 6.92 Å². The molecule has 0 aliphatic carbocycles. The van der Waals surface area contributed by atoms with Gasteiger partial charge in [0.05, 0.1) is 6.61 Å². The first-order valence-electron chi connectivity index (χ1n) is 5.17. The Morgan fingerprint density at radius 1 is 1.50 bits per heavy atom. The van der Waals surface area contributed by atoms with Crippen LogP contribution >= 0.6 is 11.6 Å². The predicted octanol–water partition coefficient (Wildman–Crippen LogP) is 2.65. The van der Waals surface area contributed by atoms with Crippen LogP contribution in [0.15, 0.2) is 18.2 Å². The molecule has 88 valence electrons. The summed E-state index contributed by atoms with van der Waals surface area (Å²) in [5, 5.41) is 0.702. The third-order valence-corrected chi connectivity index (χ3v) is 2.67. The number of hydrogen-bond donors (Lipinski definition) is 0. The van der Waals surface area contributed by atoms with Crippen molar-refractivity contribution < 1.29 is 9.53 Å². The molecule has 0 N–H and O–H groups in total. The minimum Gasteiger partial charge on any atom is -0.465 e. The highest BCUT2D eigenvalue weighted by Crippen LogP contribution is 2.22. The molecule has 1 aromatic carbocycles. The topological polar surface area (TPSA) is 29.5 Å². The minimum atomic E-state index is -0.235. The highest BCUT2D eigenvalue weighted by Gasteiger charge is 2.08. The van der Waals surface area contributed by atoms with E-state index in [0.717, 1.165) is 11.3 Å². The van der Waals surface area contributed by atoms with Crippen LogP contribution in [-0.2, 0) is 9.53 Å². The molecule has 0 amide bonds. The Balaban J connectivity index is 2.69. The number of aryl methyl sites for hydroxylation is 1. The van der Waals surface area contributed by atoms with Crippen molar-refractivity contribution in [2.75, 3.05) is 25.1 Å². The van der Waals surface area contributed by atoms with Gasteiger partial charge in [0.15, 0.2) is 0 Å². The summed E-state index contributed by atoms with van der Waals surface area (Å²) in [6.07, 6.45) is 0. The van der Waals surface area contributed by atoms with Crippen LogP contribution in [0.5, 0.6) is 0 Å². The van der Waals surface area contributed by atoms with Gasteiger partial charge in [-0.3, -0.25) is 4.79 Å². The Bertz CT molecular complexity index is 379. The number of esters is 1. The van der Waals surface area contributed by atoms with Crippen LogP contribution in [0.3, 0.4) is 0 Å². The monoisotopic (exact) mass is 241 g/mol. The molecule has 0 radical (unpaired) electrons. The van der Waals surface area contributed by atoms with Crippen molar-refractivity contribution in [1.82, 2.24) is 0 Å². The number of ether oxygens (including phenoxy) is 1. The Labute approximate surface area is 101 Å². The zero-order valence-corrected chi connectivity index (χ0v) is 10.5. The van der Waals surface area contributed by atoms with Crippen molar-refractivity contribution in [1.29, 1.82) is 0 Å². The van der Waals surface area contributed by atoms with Gasteiger partial charge in [-0.25, -0.2) is 0 Å². The molecule has 1 aromatic rings. The molecule has 4 heteroatoms. The van der Waals surface area contributed by atoms with Gasteiger partial charge in [0, 0.05) is 17.8 Å². The van der Waals surface area contributed by atoms with Gasteiger partial charge in [0.2, 0.25) is 0 Å². The fraction of sp³-hybridized carbons (Fsp3) is 0.417. The van der Waals surface area contributed by atoms with Crippen LogP contribution in [0.2, 0.25) is 5.02 Å². The molecule has 16 heavy (non-hydrogen) atoms. The highest BCUT2D eigenvalue weighted by atomic mass is 35.5. The second-order valence-corrected chi connectivity index (χ2v) is 4.00. The van der Waals surface area contributed by atoms with Crippen molar-refractivity contribution >= 4 is 23.3 Å². The van der Waals surface area contributed by atoms with E-state index in [2.05, 4.69) is 0 Å². The Hall–Kier alpha value is -1.22. The van der Waals surface area contributed by atoms with Crippen molar-refractivity contribution in [2.45, 2.75) is 13.8 Å². The van der Waals surface area contributed by atoms with Gasteiger partial charge in [-0.1, -0.05) is 17.7 Å². The molecule has 0 bridgehead atoms. The zero-order chi connectivity index (χ0) is 12.1. The number of benzene rings is 1. The molecule has 3 nitrogen and oxygen atoms in total. The van der Waals surface area contributed by atoms with Crippen LogP contribution in [0.1, 0.15) is 12.5 Å². The standard InChI is InChI=1S/C12H16ClNO2/c1-4-16-12(15)8-14(3)10-6-5-9(2)11(13)7-10/h5-7H,4,8H2,1-3H3. The lowest BCUT2D eigenvalue weighted by Gasteiger charge is -2.18.